The highest BCUT2D eigenvalue weighted by Crippen LogP contribution is 2.20. The van der Waals surface area contributed by atoms with Crippen molar-refractivity contribution in [1.82, 2.24) is 4.98 Å². The lowest BCUT2D eigenvalue weighted by atomic mass is 10.6. The maximum Gasteiger partial charge on any atom is 0.255 e. The first-order chi connectivity index (χ1) is 6.13. The summed E-state index contributed by atoms with van der Waals surface area (Å²) in [5, 5.41) is 0.433. The molecule has 0 fully saturated rings. The van der Waals surface area contributed by atoms with Gasteiger partial charge in [-0.15, -0.1) is 0 Å². The zero-order valence-corrected chi connectivity index (χ0v) is 7.72. The number of nitrogens with zero attached hydrogens (tertiary/aromatic N) is 2. The first kappa shape index (κ1) is 10.0. The topological polar surface area (TPSA) is 33.2 Å². The molecule has 0 saturated carbocycles. The van der Waals surface area contributed by atoms with Gasteiger partial charge < -0.3 is 4.90 Å². The number of thiazole rings is 1. The van der Waals surface area contributed by atoms with Crippen LogP contribution < -0.4 is 4.90 Å². The Balaban J connectivity index is 2.65. The van der Waals surface area contributed by atoms with Crippen molar-refractivity contribution in [2.45, 2.75) is 6.43 Å². The number of halogens is 2. The van der Waals surface area contributed by atoms with E-state index in [1.54, 1.807) is 0 Å². The van der Waals surface area contributed by atoms with E-state index in [9.17, 15) is 13.6 Å². The molecule has 1 aromatic heterocycles. The van der Waals surface area contributed by atoms with Crippen LogP contribution in [0.3, 0.4) is 0 Å². The predicted molar refractivity (Wildman–Crippen MR) is 46.8 cm³/mol. The minimum absolute atomic E-state index is 0.369. The summed E-state index contributed by atoms with van der Waals surface area (Å²) in [5.74, 6) is 0. The molecular formula is C7H8F2N2OS. The summed E-state index contributed by atoms with van der Waals surface area (Å²) in [6.45, 7) is -0.369. The molecule has 0 spiro atoms. The van der Waals surface area contributed by atoms with E-state index in [1.807, 2.05) is 0 Å². The minimum atomic E-state index is -2.39. The van der Waals surface area contributed by atoms with Crippen molar-refractivity contribution in [3.05, 3.63) is 11.1 Å². The second-order valence-electron chi connectivity index (χ2n) is 2.43. The van der Waals surface area contributed by atoms with Crippen LogP contribution in [0.25, 0.3) is 0 Å². The molecule has 0 amide bonds. The molecule has 0 saturated heterocycles. The third-order valence-electron chi connectivity index (χ3n) is 1.37. The third-order valence-corrected chi connectivity index (χ3v) is 2.40. The second-order valence-corrected chi connectivity index (χ2v) is 3.48. The van der Waals surface area contributed by atoms with Crippen molar-refractivity contribution in [3.63, 3.8) is 0 Å². The van der Waals surface area contributed by atoms with E-state index in [0.717, 1.165) is 11.3 Å². The van der Waals surface area contributed by atoms with Gasteiger partial charge in [0.05, 0.1) is 17.6 Å². The normalized spacial score (nSPS) is 10.5. The van der Waals surface area contributed by atoms with Gasteiger partial charge in [0.25, 0.3) is 6.43 Å². The Bertz CT molecular complexity index is 290. The van der Waals surface area contributed by atoms with E-state index in [0.29, 0.717) is 16.3 Å². The van der Waals surface area contributed by atoms with E-state index in [-0.39, 0.29) is 6.54 Å². The van der Waals surface area contributed by atoms with Crippen molar-refractivity contribution in [3.8, 4) is 0 Å². The molecular weight excluding hydrogens is 198 g/mol. The smallest absolute Gasteiger partial charge is 0.255 e. The summed E-state index contributed by atoms with van der Waals surface area (Å²) < 4.78 is 23.9. The van der Waals surface area contributed by atoms with Crippen LogP contribution in [0.1, 0.15) is 9.67 Å². The number of hydrogen-bond acceptors (Lipinski definition) is 4. The number of rotatable bonds is 4. The van der Waals surface area contributed by atoms with Gasteiger partial charge in [0.1, 0.15) is 0 Å². The molecule has 13 heavy (non-hydrogen) atoms. The van der Waals surface area contributed by atoms with Crippen molar-refractivity contribution in [1.29, 1.82) is 0 Å². The summed E-state index contributed by atoms with van der Waals surface area (Å²) in [4.78, 5) is 15.9. The van der Waals surface area contributed by atoms with Crippen LogP contribution in [0, 0.1) is 0 Å². The van der Waals surface area contributed by atoms with Crippen molar-refractivity contribution in [2.24, 2.45) is 0 Å². The van der Waals surface area contributed by atoms with Gasteiger partial charge in [0.2, 0.25) is 0 Å². The molecule has 0 N–H and O–H groups in total. The molecule has 0 radical (unpaired) electrons. The fraction of sp³-hybridized carbons (Fsp3) is 0.429. The number of aromatic nitrogens is 1. The molecule has 0 unspecified atom stereocenters. The molecule has 1 heterocycles. The predicted octanol–water partition coefficient (Wildman–Crippen LogP) is 1.66. The molecule has 72 valence electrons. The van der Waals surface area contributed by atoms with Crippen LogP contribution in [-0.2, 0) is 0 Å². The summed E-state index contributed by atoms with van der Waals surface area (Å²) in [5.41, 5.74) is 0. The fourth-order valence-electron chi connectivity index (χ4n) is 0.793. The molecule has 1 rings (SSSR count). The Morgan fingerprint density at radius 3 is 2.92 bits per heavy atom. The number of hydrogen-bond donors (Lipinski definition) is 0. The molecule has 0 aromatic carbocycles. The molecule has 1 aromatic rings. The maximum atomic E-state index is 11.9. The zero-order chi connectivity index (χ0) is 9.84. The van der Waals surface area contributed by atoms with Gasteiger partial charge in [-0.2, -0.15) is 0 Å². The second kappa shape index (κ2) is 4.27. The van der Waals surface area contributed by atoms with Crippen LogP contribution in [0.15, 0.2) is 6.20 Å². The Morgan fingerprint density at radius 2 is 2.46 bits per heavy atom. The van der Waals surface area contributed by atoms with Crippen molar-refractivity contribution >= 4 is 22.8 Å². The SMILES string of the molecule is CN(CC(F)F)c1ncc(C=O)s1. The van der Waals surface area contributed by atoms with Gasteiger partial charge in [-0.25, -0.2) is 13.8 Å². The Hall–Kier alpha value is -1.04. The fourth-order valence-corrected chi connectivity index (χ4v) is 1.49. The average Bonchev–Trinajstić information content (AvgIpc) is 2.50. The lowest BCUT2D eigenvalue weighted by Gasteiger charge is -2.13. The molecule has 0 aliphatic rings. The van der Waals surface area contributed by atoms with Crippen LogP contribution >= 0.6 is 11.3 Å². The maximum absolute atomic E-state index is 11.9. The highest BCUT2D eigenvalue weighted by molar-refractivity contribution is 7.17. The number of carbonyl (C=O) groups is 1. The van der Waals surface area contributed by atoms with Crippen LogP contribution in [0.4, 0.5) is 13.9 Å². The molecule has 3 nitrogen and oxygen atoms in total. The Kier molecular flexibility index (Phi) is 3.30. The van der Waals surface area contributed by atoms with Gasteiger partial charge in [0, 0.05) is 7.05 Å². The first-order valence-electron chi connectivity index (χ1n) is 3.53. The summed E-state index contributed by atoms with van der Waals surface area (Å²) >= 11 is 1.10. The van der Waals surface area contributed by atoms with Crippen molar-refractivity contribution in [2.75, 3.05) is 18.5 Å². The quantitative estimate of drug-likeness (QED) is 0.702. The van der Waals surface area contributed by atoms with Gasteiger partial charge in [-0.05, 0) is 0 Å². The van der Waals surface area contributed by atoms with E-state index >= 15 is 0 Å². The van der Waals surface area contributed by atoms with Crippen molar-refractivity contribution < 1.29 is 13.6 Å². The minimum Gasteiger partial charge on any atom is -0.345 e. The van der Waals surface area contributed by atoms with E-state index < -0.39 is 6.43 Å². The molecule has 0 bridgehead atoms. The van der Waals surface area contributed by atoms with Gasteiger partial charge in [0.15, 0.2) is 11.4 Å². The standard InChI is InChI=1S/C7H8F2N2OS/c1-11(3-6(8)9)7-10-2-5(4-12)13-7/h2,4,6H,3H2,1H3. The Morgan fingerprint density at radius 1 is 1.77 bits per heavy atom. The number of anilines is 1. The van der Waals surface area contributed by atoms with E-state index in [1.165, 1.54) is 18.1 Å². The lowest BCUT2D eigenvalue weighted by molar-refractivity contribution is 0.112. The lowest BCUT2D eigenvalue weighted by Crippen LogP contribution is -2.23. The molecule has 0 aliphatic heterocycles. The third kappa shape index (κ3) is 2.73. The van der Waals surface area contributed by atoms with Crippen LogP contribution in [0.2, 0.25) is 0 Å². The summed E-state index contributed by atoms with van der Waals surface area (Å²) in [6, 6.07) is 0. The first-order valence-corrected chi connectivity index (χ1v) is 4.35. The molecule has 6 heteroatoms. The molecule has 0 atom stereocenters. The molecule has 0 aliphatic carbocycles. The van der Waals surface area contributed by atoms with E-state index in [4.69, 9.17) is 0 Å². The Labute approximate surface area is 78.0 Å². The average molecular weight is 206 g/mol. The summed E-state index contributed by atoms with van der Waals surface area (Å²) in [7, 11) is 1.51. The number of alkyl halides is 2. The highest BCUT2D eigenvalue weighted by Gasteiger charge is 2.11. The van der Waals surface area contributed by atoms with Crippen LogP contribution in [0.5, 0.6) is 0 Å². The highest BCUT2D eigenvalue weighted by atomic mass is 32.1. The zero-order valence-electron chi connectivity index (χ0n) is 6.91. The van der Waals surface area contributed by atoms with Gasteiger partial charge >= 0.3 is 0 Å². The summed E-state index contributed by atoms with van der Waals surface area (Å²) in [6.07, 6.45) is -0.375. The largest absolute Gasteiger partial charge is 0.345 e. The van der Waals surface area contributed by atoms with Crippen LogP contribution in [-0.4, -0.2) is 31.3 Å². The number of aldehydes is 1. The van der Waals surface area contributed by atoms with E-state index in [2.05, 4.69) is 4.98 Å². The monoisotopic (exact) mass is 206 g/mol. The number of carbonyl (C=O) groups excluding carboxylic acids is 1. The van der Waals surface area contributed by atoms with Gasteiger partial charge in [-0.3, -0.25) is 4.79 Å². The van der Waals surface area contributed by atoms with Gasteiger partial charge in [-0.1, -0.05) is 11.3 Å².